The van der Waals surface area contributed by atoms with E-state index in [2.05, 4.69) is 0 Å². The number of para-hydroxylation sites is 4. The molecule has 0 N–H and O–H groups in total. The molecule has 0 bridgehead atoms. The van der Waals surface area contributed by atoms with E-state index in [1.54, 1.807) is 12.1 Å². The molecule has 0 atom stereocenters. The first-order chi connectivity index (χ1) is 26.8. The largest absolute Gasteiger partial charge is 0.455 e. The van der Waals surface area contributed by atoms with Crippen LogP contribution in [0.5, 0.6) is 0 Å². The van der Waals surface area contributed by atoms with Crippen LogP contribution in [0.3, 0.4) is 0 Å². The lowest BCUT2D eigenvalue weighted by Crippen LogP contribution is -1.96. The van der Waals surface area contributed by atoms with Crippen LogP contribution in [-0.2, 0) is 0 Å². The second-order valence-electron chi connectivity index (χ2n) is 10.1. The molecule has 206 valence electrons. The van der Waals surface area contributed by atoms with Gasteiger partial charge in [-0.25, -0.2) is 9.97 Å². The standard InChI is InChI=1S/C40H25N3O/c1-3-12-26(13-4-1)34-25-35(42-40(41-34)32-19-11-18-31-30-17-8-10-21-38(30)44-39(31)32)27-22-23-37-33(24-27)29-16-7-9-20-36(29)43(37)28-14-5-2-6-15-28/h1-25H/i2D,5D,6D,7D,9D,14D,15D,16D,20D,22D,23D,24D. The molecule has 3 aromatic heterocycles. The van der Waals surface area contributed by atoms with Crippen molar-refractivity contribution >= 4 is 43.7 Å². The molecule has 0 saturated heterocycles. The number of fused-ring (bicyclic) bond motifs is 6. The van der Waals surface area contributed by atoms with Crippen LogP contribution in [-0.4, -0.2) is 14.5 Å². The molecular formula is C40H25N3O. The van der Waals surface area contributed by atoms with Crippen molar-refractivity contribution < 1.29 is 20.9 Å². The summed E-state index contributed by atoms with van der Waals surface area (Å²) < 4.78 is 113. The lowest BCUT2D eigenvalue weighted by molar-refractivity contribution is 0.669. The molecule has 0 spiro atoms. The highest BCUT2D eigenvalue weighted by molar-refractivity contribution is 6.11. The van der Waals surface area contributed by atoms with E-state index in [0.717, 1.165) is 15.3 Å². The molecule has 0 aliphatic carbocycles. The van der Waals surface area contributed by atoms with E-state index in [0.29, 0.717) is 28.0 Å². The smallest absolute Gasteiger partial charge is 0.164 e. The van der Waals surface area contributed by atoms with Gasteiger partial charge in [0.2, 0.25) is 0 Å². The summed E-state index contributed by atoms with van der Waals surface area (Å²) in [6.45, 7) is 0. The molecule has 9 rings (SSSR count). The summed E-state index contributed by atoms with van der Waals surface area (Å²) in [5.74, 6) is 0.194. The van der Waals surface area contributed by atoms with Crippen LogP contribution in [0.25, 0.3) is 83.3 Å². The van der Waals surface area contributed by atoms with Crippen molar-refractivity contribution in [1.29, 1.82) is 0 Å². The van der Waals surface area contributed by atoms with Crippen LogP contribution in [0.15, 0.2) is 156 Å². The highest BCUT2D eigenvalue weighted by Gasteiger charge is 2.18. The highest BCUT2D eigenvalue weighted by Crippen LogP contribution is 2.38. The maximum atomic E-state index is 9.70. The zero-order valence-corrected chi connectivity index (χ0v) is 22.8. The number of rotatable bonds is 4. The first-order valence-corrected chi connectivity index (χ1v) is 13.8. The summed E-state index contributed by atoms with van der Waals surface area (Å²) >= 11 is 0. The Morgan fingerprint density at radius 2 is 1.30 bits per heavy atom. The molecule has 0 unspecified atom stereocenters. The van der Waals surface area contributed by atoms with Gasteiger partial charge in [0, 0.05) is 38.4 Å². The molecule has 4 nitrogen and oxygen atoms in total. The third-order valence-electron chi connectivity index (χ3n) is 7.57. The Hall–Kier alpha value is -6.00. The fourth-order valence-corrected chi connectivity index (χ4v) is 5.60. The average Bonchev–Trinajstić information content (AvgIpc) is 3.77. The normalized spacial score (nSPS) is 15.5. The van der Waals surface area contributed by atoms with Crippen molar-refractivity contribution in [1.82, 2.24) is 14.5 Å². The van der Waals surface area contributed by atoms with Crippen LogP contribution in [0.2, 0.25) is 0 Å². The maximum Gasteiger partial charge on any atom is 0.164 e. The summed E-state index contributed by atoms with van der Waals surface area (Å²) in [6.07, 6.45) is 0. The van der Waals surface area contributed by atoms with Gasteiger partial charge >= 0.3 is 0 Å². The van der Waals surface area contributed by atoms with E-state index in [1.807, 2.05) is 66.7 Å². The average molecular weight is 576 g/mol. The van der Waals surface area contributed by atoms with E-state index >= 15 is 0 Å². The van der Waals surface area contributed by atoms with Crippen LogP contribution in [0, 0.1) is 0 Å². The Labute approximate surface area is 270 Å². The van der Waals surface area contributed by atoms with Crippen LogP contribution < -0.4 is 0 Å². The first-order valence-electron chi connectivity index (χ1n) is 19.8. The second kappa shape index (κ2) is 9.79. The van der Waals surface area contributed by atoms with Gasteiger partial charge in [-0.3, -0.25) is 0 Å². The third kappa shape index (κ3) is 3.85. The number of aromatic nitrogens is 3. The van der Waals surface area contributed by atoms with Crippen molar-refractivity contribution in [3.8, 4) is 39.6 Å². The van der Waals surface area contributed by atoms with Crippen molar-refractivity contribution in [2.24, 2.45) is 0 Å². The molecule has 3 heterocycles. The number of hydrogen-bond acceptors (Lipinski definition) is 3. The minimum Gasteiger partial charge on any atom is -0.455 e. The van der Waals surface area contributed by atoms with Gasteiger partial charge in [-0.15, -0.1) is 0 Å². The van der Waals surface area contributed by atoms with Crippen LogP contribution in [0.1, 0.15) is 16.4 Å². The van der Waals surface area contributed by atoms with Crippen LogP contribution >= 0.6 is 0 Å². The Balaban J connectivity index is 1.43. The minimum atomic E-state index is -0.710. The summed E-state index contributed by atoms with van der Waals surface area (Å²) in [6, 6.07) is 16.4. The Morgan fingerprint density at radius 3 is 2.18 bits per heavy atom. The predicted octanol–water partition coefficient (Wildman–Crippen LogP) is 10.5. The number of nitrogens with zero attached hydrogens (tertiary/aromatic N) is 3. The maximum absolute atomic E-state index is 9.70. The molecule has 0 radical (unpaired) electrons. The van der Waals surface area contributed by atoms with Gasteiger partial charge in [0.15, 0.2) is 5.82 Å². The monoisotopic (exact) mass is 575 g/mol. The van der Waals surface area contributed by atoms with Crippen molar-refractivity contribution in [2.45, 2.75) is 0 Å². The molecule has 0 amide bonds. The Bertz CT molecular complexity index is 3150. The van der Waals surface area contributed by atoms with E-state index in [-0.39, 0.29) is 38.9 Å². The SMILES string of the molecule is [2H]c1c([2H])c([2H])c(-n2c3c([2H])c([2H])c([2H])c([2H])c3c3c([2H])c(-c4cc(-c5ccccc5)nc(-c5cccc6c5oc5ccccc56)n4)c([2H])c([2H])c32)c([2H])c1[2H]. The van der Waals surface area contributed by atoms with Gasteiger partial charge in [-0.2, -0.15) is 0 Å². The number of benzene rings is 6. The van der Waals surface area contributed by atoms with E-state index in [9.17, 15) is 4.11 Å². The zero-order chi connectivity index (χ0) is 39.5. The van der Waals surface area contributed by atoms with Gasteiger partial charge in [0.25, 0.3) is 0 Å². The summed E-state index contributed by atoms with van der Waals surface area (Å²) in [7, 11) is 0. The quantitative estimate of drug-likeness (QED) is 0.210. The zero-order valence-electron chi connectivity index (χ0n) is 34.8. The van der Waals surface area contributed by atoms with Gasteiger partial charge in [-0.1, -0.05) is 103 Å². The van der Waals surface area contributed by atoms with E-state index < -0.39 is 78.2 Å². The fraction of sp³-hybridized carbons (Fsp3) is 0. The van der Waals surface area contributed by atoms with Crippen molar-refractivity contribution in [2.75, 3.05) is 0 Å². The van der Waals surface area contributed by atoms with E-state index in [4.69, 9.17) is 26.7 Å². The van der Waals surface area contributed by atoms with E-state index in [1.165, 1.54) is 0 Å². The lowest BCUT2D eigenvalue weighted by Gasteiger charge is -2.11. The Morgan fingerprint density at radius 1 is 0.568 bits per heavy atom. The molecule has 6 aromatic carbocycles. The summed E-state index contributed by atoms with van der Waals surface area (Å²) in [5.41, 5.74) is 1.62. The first kappa shape index (κ1) is 15.5. The third-order valence-corrected chi connectivity index (χ3v) is 7.57. The number of hydrogen-bond donors (Lipinski definition) is 0. The van der Waals surface area contributed by atoms with Crippen LogP contribution in [0.4, 0.5) is 0 Å². The molecule has 9 aromatic rings. The topological polar surface area (TPSA) is 43.9 Å². The summed E-state index contributed by atoms with van der Waals surface area (Å²) in [5, 5.41) is 1.30. The molecule has 0 fully saturated rings. The minimum absolute atomic E-state index is 0.0666. The Kier molecular flexibility index (Phi) is 3.44. The highest BCUT2D eigenvalue weighted by atomic mass is 16.3. The molecular weight excluding hydrogens is 538 g/mol. The fourth-order valence-electron chi connectivity index (χ4n) is 5.60. The molecule has 0 saturated carbocycles. The van der Waals surface area contributed by atoms with Crippen molar-refractivity contribution in [3.05, 3.63) is 151 Å². The molecule has 0 aliphatic heterocycles. The lowest BCUT2D eigenvalue weighted by atomic mass is 10.0. The van der Waals surface area contributed by atoms with Gasteiger partial charge in [0.1, 0.15) is 11.2 Å². The van der Waals surface area contributed by atoms with Gasteiger partial charge < -0.3 is 8.98 Å². The molecule has 44 heavy (non-hydrogen) atoms. The van der Waals surface area contributed by atoms with Gasteiger partial charge in [-0.05, 0) is 48.4 Å². The number of furan rings is 1. The van der Waals surface area contributed by atoms with Crippen molar-refractivity contribution in [3.63, 3.8) is 0 Å². The molecule has 0 aliphatic rings. The second-order valence-corrected chi connectivity index (χ2v) is 10.1. The predicted molar refractivity (Wildman–Crippen MR) is 180 cm³/mol. The van der Waals surface area contributed by atoms with Gasteiger partial charge in [0.05, 0.1) is 44.4 Å². The molecule has 4 heteroatoms. The summed E-state index contributed by atoms with van der Waals surface area (Å²) in [4.78, 5) is 9.79.